The Bertz CT molecular complexity index is 1380. The van der Waals surface area contributed by atoms with Crippen LogP contribution in [0.5, 0.6) is 0 Å². The summed E-state index contributed by atoms with van der Waals surface area (Å²) in [6, 6.07) is -3.67. The molecule has 5 rings (SSSR count). The molecule has 49 heavy (non-hydrogen) atoms. The van der Waals surface area contributed by atoms with E-state index in [2.05, 4.69) is 35.1 Å². The predicted molar refractivity (Wildman–Crippen MR) is 182 cm³/mol. The topological polar surface area (TPSA) is 183 Å². The highest BCUT2D eigenvalue weighted by atomic mass is 32.2. The van der Waals surface area contributed by atoms with Crippen molar-refractivity contribution in [1.29, 1.82) is 0 Å². The number of Topliss-reactive ketones (excluding diaryl/α,β-unsaturated/α-hetero) is 1. The molecule has 2 heterocycles. The zero-order chi connectivity index (χ0) is 35.6. The lowest BCUT2D eigenvalue weighted by atomic mass is 9.83. The molecule has 5 amide bonds. The van der Waals surface area contributed by atoms with Crippen molar-refractivity contribution in [1.82, 2.24) is 30.5 Å². The van der Waals surface area contributed by atoms with E-state index in [0.29, 0.717) is 38.8 Å². The Hall–Kier alpha value is -2.78. The second-order valence-electron chi connectivity index (χ2n) is 15.7. The molecule has 2 saturated heterocycles. The van der Waals surface area contributed by atoms with Gasteiger partial charge in [0.2, 0.25) is 27.6 Å². The van der Waals surface area contributed by atoms with Gasteiger partial charge in [0.1, 0.15) is 12.1 Å². The number of nitrogens with one attached hydrogen (secondary N) is 4. The molecule has 5 aliphatic rings. The van der Waals surface area contributed by atoms with Gasteiger partial charge in [0.05, 0.1) is 23.9 Å². The van der Waals surface area contributed by atoms with E-state index in [-0.39, 0.29) is 35.7 Å². The third-order valence-electron chi connectivity index (χ3n) is 11.4. The van der Waals surface area contributed by atoms with Crippen LogP contribution in [0.15, 0.2) is 0 Å². The molecule has 276 valence electrons. The fraction of sp³-hybridized carbons (Fsp3) is 0.853. The lowest BCUT2D eigenvalue weighted by Crippen LogP contribution is -2.62. The van der Waals surface area contributed by atoms with Crippen LogP contribution in [0.25, 0.3) is 0 Å². The Morgan fingerprint density at radius 2 is 1.59 bits per heavy atom. The van der Waals surface area contributed by atoms with Crippen molar-refractivity contribution < 1.29 is 37.1 Å². The Labute approximate surface area is 290 Å². The maximum atomic E-state index is 14.3. The van der Waals surface area contributed by atoms with E-state index in [4.69, 9.17) is 4.74 Å². The summed E-state index contributed by atoms with van der Waals surface area (Å²) in [4.78, 5) is 69.6. The van der Waals surface area contributed by atoms with Gasteiger partial charge in [-0.15, -0.1) is 0 Å². The number of carbonyl (C=O) groups is 5. The highest BCUT2D eigenvalue weighted by Crippen LogP contribution is 2.65. The van der Waals surface area contributed by atoms with E-state index in [0.717, 1.165) is 62.1 Å². The summed E-state index contributed by atoms with van der Waals surface area (Å²) in [5.74, 6) is -2.65. The summed E-state index contributed by atoms with van der Waals surface area (Å²) in [5, 5.41) is 11.3. The standard InChI is InChI=1S/C34H56N6O8S/c1-33(2)23-19-40-27(26(23)33)29(42)36-24(28(41)30(43)35-22-14-15-22)13-9-6-5-7-12-18-48-20-25(31(40)44)37-32(45)38-34(16-10-8-11-17-34)21-49(46,47)39(3)4/h22-27H,5-21H2,1-4H3,(H,35,43)(H,36,42)(H2,37,38,45)/t23-,24-,25-,26-,27-/m0/s1. The van der Waals surface area contributed by atoms with Gasteiger partial charge in [-0.3, -0.25) is 19.2 Å². The quantitative estimate of drug-likeness (QED) is 0.273. The molecule has 15 heteroatoms. The van der Waals surface area contributed by atoms with E-state index in [1.807, 2.05) is 0 Å². The second kappa shape index (κ2) is 15.2. The molecule has 4 N–H and O–H groups in total. The molecular formula is C34H56N6O8S. The maximum Gasteiger partial charge on any atom is 0.315 e. The Balaban J connectivity index is 1.36. The number of sulfonamides is 1. The number of piperidine rings is 1. The number of hydrogen-bond acceptors (Lipinski definition) is 8. The minimum atomic E-state index is -3.64. The monoisotopic (exact) mass is 708 g/mol. The van der Waals surface area contributed by atoms with Crippen molar-refractivity contribution in [3.63, 3.8) is 0 Å². The molecule has 14 nitrogen and oxygen atoms in total. The lowest BCUT2D eigenvalue weighted by molar-refractivity contribution is -0.144. The molecule has 0 unspecified atom stereocenters. The van der Waals surface area contributed by atoms with Gasteiger partial charge in [0.15, 0.2) is 0 Å². The Morgan fingerprint density at radius 1 is 0.939 bits per heavy atom. The van der Waals surface area contributed by atoms with Gasteiger partial charge in [-0.1, -0.05) is 58.8 Å². The molecule has 2 aliphatic heterocycles. The fourth-order valence-electron chi connectivity index (χ4n) is 8.09. The molecule has 5 atom stereocenters. The summed E-state index contributed by atoms with van der Waals surface area (Å²) in [6.07, 6.45) is 9.42. The van der Waals surface area contributed by atoms with Crippen LogP contribution >= 0.6 is 0 Å². The van der Waals surface area contributed by atoms with Crippen LogP contribution in [-0.4, -0.2) is 116 Å². The predicted octanol–water partition coefficient (Wildman–Crippen LogP) is 1.43. The first-order valence-corrected chi connectivity index (χ1v) is 19.8. The minimum absolute atomic E-state index is 0.00328. The summed E-state index contributed by atoms with van der Waals surface area (Å²) < 4.78 is 32.9. The molecule has 0 aromatic rings. The van der Waals surface area contributed by atoms with Crippen molar-refractivity contribution in [2.24, 2.45) is 17.3 Å². The molecule has 0 spiro atoms. The van der Waals surface area contributed by atoms with Gasteiger partial charge in [-0.25, -0.2) is 17.5 Å². The number of rotatable bonds is 8. The minimum Gasteiger partial charge on any atom is -0.379 e. The van der Waals surface area contributed by atoms with Gasteiger partial charge in [0.25, 0.3) is 5.91 Å². The van der Waals surface area contributed by atoms with Crippen molar-refractivity contribution in [2.75, 3.05) is 39.6 Å². The van der Waals surface area contributed by atoms with Crippen molar-refractivity contribution in [2.45, 2.75) is 127 Å². The molecule has 0 radical (unpaired) electrons. The average Bonchev–Trinajstić information content (AvgIpc) is 3.88. The van der Waals surface area contributed by atoms with E-state index in [1.165, 1.54) is 19.0 Å². The smallest absolute Gasteiger partial charge is 0.315 e. The molecule has 5 fully saturated rings. The number of fused-ring (bicyclic) bond motifs is 3. The molecule has 3 aliphatic carbocycles. The van der Waals surface area contributed by atoms with Crippen LogP contribution in [0.3, 0.4) is 0 Å². The van der Waals surface area contributed by atoms with Crippen LogP contribution in [0.4, 0.5) is 4.79 Å². The first kappa shape index (κ1) is 37.5. The highest BCUT2D eigenvalue weighted by molar-refractivity contribution is 7.89. The number of carbonyl (C=O) groups excluding carboxylic acids is 5. The third-order valence-corrected chi connectivity index (χ3v) is 13.4. The number of ketones is 1. The van der Waals surface area contributed by atoms with Crippen LogP contribution in [0.1, 0.15) is 97.3 Å². The van der Waals surface area contributed by atoms with Crippen LogP contribution in [0, 0.1) is 17.3 Å². The zero-order valence-corrected chi connectivity index (χ0v) is 30.4. The number of hydrogen-bond donors (Lipinski definition) is 4. The Morgan fingerprint density at radius 3 is 2.27 bits per heavy atom. The molecule has 0 aromatic heterocycles. The first-order valence-electron chi connectivity index (χ1n) is 18.2. The number of ether oxygens (including phenoxy) is 1. The molecular weight excluding hydrogens is 652 g/mol. The van der Waals surface area contributed by atoms with Crippen LogP contribution in [0.2, 0.25) is 0 Å². The Kier molecular flexibility index (Phi) is 11.6. The number of nitrogens with zero attached hydrogens (tertiary/aromatic N) is 2. The number of urea groups is 1. The third kappa shape index (κ3) is 8.94. The van der Waals surface area contributed by atoms with Crippen molar-refractivity contribution >= 4 is 39.6 Å². The van der Waals surface area contributed by atoms with Crippen LogP contribution < -0.4 is 21.3 Å². The normalized spacial score (nSPS) is 30.8. The summed E-state index contributed by atoms with van der Waals surface area (Å²) in [5.41, 5.74) is -1.19. The largest absolute Gasteiger partial charge is 0.379 e. The zero-order valence-electron chi connectivity index (χ0n) is 29.6. The fourth-order valence-corrected chi connectivity index (χ4v) is 9.41. The SMILES string of the molecule is CN(C)S(=O)(=O)CC1(NC(=O)N[C@H]2COCCCCCCC[C@@H](C(=O)C(=O)NC3CC3)NC(=O)[C@@H]3[C@@H]4[C@H](CN3C2=O)C4(C)C)CCCCC1. The van der Waals surface area contributed by atoms with Crippen molar-refractivity contribution in [3.05, 3.63) is 0 Å². The van der Waals surface area contributed by atoms with Gasteiger partial charge in [-0.05, 0) is 55.8 Å². The van der Waals surface area contributed by atoms with E-state index < -0.39 is 63.2 Å². The maximum absolute atomic E-state index is 14.3. The van der Waals surface area contributed by atoms with E-state index in [9.17, 15) is 32.4 Å². The van der Waals surface area contributed by atoms with Crippen molar-refractivity contribution in [3.8, 4) is 0 Å². The summed E-state index contributed by atoms with van der Waals surface area (Å²) >= 11 is 0. The van der Waals surface area contributed by atoms with E-state index >= 15 is 0 Å². The van der Waals surface area contributed by atoms with Gasteiger partial charge in [-0.2, -0.15) is 0 Å². The van der Waals surface area contributed by atoms with Gasteiger partial charge in [0, 0.05) is 33.3 Å². The first-order chi connectivity index (χ1) is 23.1. The number of amides is 5. The highest BCUT2D eigenvalue weighted by Gasteiger charge is 2.69. The summed E-state index contributed by atoms with van der Waals surface area (Å²) in [6.45, 7) is 4.68. The van der Waals surface area contributed by atoms with E-state index in [1.54, 1.807) is 0 Å². The van der Waals surface area contributed by atoms with Gasteiger partial charge >= 0.3 is 6.03 Å². The molecule has 0 aromatic carbocycles. The van der Waals surface area contributed by atoms with Crippen LogP contribution in [-0.2, 0) is 33.9 Å². The lowest BCUT2D eigenvalue weighted by Gasteiger charge is -2.39. The van der Waals surface area contributed by atoms with Gasteiger partial charge < -0.3 is 30.9 Å². The molecule has 0 bridgehead atoms. The average molecular weight is 709 g/mol. The summed E-state index contributed by atoms with van der Waals surface area (Å²) in [7, 11) is -0.700. The second-order valence-corrected chi connectivity index (χ2v) is 17.9. The molecule has 3 saturated carbocycles.